The molecule has 0 saturated carbocycles. The van der Waals surface area contributed by atoms with Crippen molar-refractivity contribution >= 4 is 17.3 Å². The summed E-state index contributed by atoms with van der Waals surface area (Å²) in [7, 11) is 0. The molecule has 3 nitrogen and oxygen atoms in total. The molecule has 4 heteroatoms. The van der Waals surface area contributed by atoms with Gasteiger partial charge in [0.25, 0.3) is 0 Å². The fourth-order valence-corrected chi connectivity index (χ4v) is 3.63. The van der Waals surface area contributed by atoms with E-state index in [2.05, 4.69) is 69.0 Å². The molecule has 0 aliphatic heterocycles. The normalized spacial score (nSPS) is 11.9. The van der Waals surface area contributed by atoms with Crippen LogP contribution in [0.1, 0.15) is 44.6 Å². The molecule has 0 saturated heterocycles. The van der Waals surface area contributed by atoms with Crippen LogP contribution >= 0.6 is 11.3 Å². The van der Waals surface area contributed by atoms with E-state index in [-0.39, 0.29) is 11.8 Å². The minimum absolute atomic E-state index is 0.172. The fraction of sp³-hybridized carbons (Fsp3) is 0.450. The highest BCUT2D eigenvalue weighted by Crippen LogP contribution is 2.31. The Kier molecular flexibility index (Phi) is 6.19. The highest BCUT2D eigenvalue weighted by Gasteiger charge is 2.14. The monoisotopic (exact) mass is 345 g/mol. The maximum Gasteiger partial charge on any atom is 0.304 e. The van der Waals surface area contributed by atoms with Crippen molar-refractivity contribution in [3.63, 3.8) is 0 Å². The van der Waals surface area contributed by atoms with E-state index in [1.807, 2.05) is 0 Å². The van der Waals surface area contributed by atoms with Gasteiger partial charge in [0.05, 0.1) is 6.42 Å². The van der Waals surface area contributed by atoms with Gasteiger partial charge in [-0.15, -0.1) is 11.3 Å². The molecule has 24 heavy (non-hydrogen) atoms. The molecule has 0 fully saturated rings. The van der Waals surface area contributed by atoms with Crippen molar-refractivity contribution in [1.29, 1.82) is 0 Å². The second-order valence-corrected chi connectivity index (χ2v) is 8.27. The first kappa shape index (κ1) is 18.7. The van der Waals surface area contributed by atoms with Gasteiger partial charge in [-0.1, -0.05) is 52.0 Å². The number of carboxylic acids is 1. The Balaban J connectivity index is 2.05. The summed E-state index contributed by atoms with van der Waals surface area (Å²) in [6.45, 7) is 11.0. The van der Waals surface area contributed by atoms with Crippen LogP contribution in [0.2, 0.25) is 0 Å². The smallest absolute Gasteiger partial charge is 0.304 e. The fourth-order valence-electron chi connectivity index (χ4n) is 2.58. The van der Waals surface area contributed by atoms with Crippen LogP contribution in [0.15, 0.2) is 36.4 Å². The summed E-state index contributed by atoms with van der Waals surface area (Å²) in [5, 5.41) is 8.83. The molecule has 1 aromatic heterocycles. The standard InChI is InChI=1S/C20H27NO2S/c1-5-21(13-12-19(22)23)14-17-10-11-18(24-17)15-6-8-16(9-7-15)20(2,3)4/h6-11H,5,12-14H2,1-4H3,(H,22,23). The zero-order chi connectivity index (χ0) is 17.7. The number of carbonyl (C=O) groups is 1. The third-order valence-electron chi connectivity index (χ3n) is 4.17. The summed E-state index contributed by atoms with van der Waals surface area (Å²) in [4.78, 5) is 15.4. The molecule has 0 atom stereocenters. The molecule has 1 heterocycles. The van der Waals surface area contributed by atoms with E-state index in [9.17, 15) is 4.79 Å². The average Bonchev–Trinajstić information content (AvgIpc) is 2.99. The summed E-state index contributed by atoms with van der Waals surface area (Å²) in [6, 6.07) is 13.1. The van der Waals surface area contributed by atoms with Crippen LogP contribution in [0, 0.1) is 0 Å². The molecule has 0 aliphatic carbocycles. The summed E-state index contributed by atoms with van der Waals surface area (Å²) >= 11 is 1.79. The molecule has 0 amide bonds. The highest BCUT2D eigenvalue weighted by molar-refractivity contribution is 7.15. The Hall–Kier alpha value is -1.65. The third kappa shape index (κ3) is 5.18. The zero-order valence-electron chi connectivity index (χ0n) is 15.0. The Labute approximate surface area is 148 Å². The lowest BCUT2D eigenvalue weighted by Gasteiger charge is -2.19. The maximum absolute atomic E-state index is 10.7. The maximum atomic E-state index is 10.7. The first-order chi connectivity index (χ1) is 11.3. The van der Waals surface area contributed by atoms with Crippen molar-refractivity contribution in [2.45, 2.75) is 46.1 Å². The molecule has 1 aromatic carbocycles. The predicted molar refractivity (Wildman–Crippen MR) is 102 cm³/mol. The van der Waals surface area contributed by atoms with Gasteiger partial charge in [0, 0.05) is 22.8 Å². The Morgan fingerprint density at radius 2 is 1.79 bits per heavy atom. The lowest BCUT2D eigenvalue weighted by molar-refractivity contribution is -0.137. The van der Waals surface area contributed by atoms with Gasteiger partial charge < -0.3 is 5.11 Å². The minimum Gasteiger partial charge on any atom is -0.481 e. The summed E-state index contributed by atoms with van der Waals surface area (Å²) in [5.74, 6) is -0.737. The number of hydrogen-bond donors (Lipinski definition) is 1. The van der Waals surface area contributed by atoms with Crippen molar-refractivity contribution in [2.24, 2.45) is 0 Å². The average molecular weight is 346 g/mol. The molecule has 0 spiro atoms. The molecule has 0 aliphatic rings. The van der Waals surface area contributed by atoms with Gasteiger partial charge in [-0.3, -0.25) is 9.69 Å². The molecule has 0 bridgehead atoms. The second kappa shape index (κ2) is 7.95. The van der Waals surface area contributed by atoms with Crippen LogP contribution in [-0.2, 0) is 16.8 Å². The van der Waals surface area contributed by atoms with E-state index in [0.717, 1.165) is 13.1 Å². The van der Waals surface area contributed by atoms with Gasteiger partial charge in [-0.05, 0) is 35.2 Å². The molecule has 0 radical (unpaired) electrons. The lowest BCUT2D eigenvalue weighted by atomic mass is 9.86. The number of nitrogens with zero attached hydrogens (tertiary/aromatic N) is 1. The van der Waals surface area contributed by atoms with Gasteiger partial charge >= 0.3 is 5.97 Å². The van der Waals surface area contributed by atoms with Crippen molar-refractivity contribution in [3.05, 3.63) is 46.8 Å². The number of benzene rings is 1. The van der Waals surface area contributed by atoms with Crippen LogP contribution in [-0.4, -0.2) is 29.1 Å². The van der Waals surface area contributed by atoms with Gasteiger partial charge in [0.1, 0.15) is 0 Å². The molecule has 0 unspecified atom stereocenters. The third-order valence-corrected chi connectivity index (χ3v) is 5.28. The molecular weight excluding hydrogens is 318 g/mol. The van der Waals surface area contributed by atoms with Crippen LogP contribution in [0.4, 0.5) is 0 Å². The van der Waals surface area contributed by atoms with Gasteiger partial charge in [-0.25, -0.2) is 0 Å². The number of carboxylic acid groups (broad SMARTS) is 1. The molecule has 2 rings (SSSR count). The summed E-state index contributed by atoms with van der Waals surface area (Å²) in [6.07, 6.45) is 0.195. The Morgan fingerprint density at radius 1 is 1.12 bits per heavy atom. The van der Waals surface area contributed by atoms with E-state index in [1.165, 1.54) is 20.9 Å². The van der Waals surface area contributed by atoms with Gasteiger partial charge in [0.15, 0.2) is 0 Å². The van der Waals surface area contributed by atoms with Crippen molar-refractivity contribution < 1.29 is 9.90 Å². The molecule has 130 valence electrons. The van der Waals surface area contributed by atoms with Crippen molar-refractivity contribution in [3.8, 4) is 10.4 Å². The molecular formula is C20H27NO2S. The summed E-state index contributed by atoms with van der Waals surface area (Å²) < 4.78 is 0. The summed E-state index contributed by atoms with van der Waals surface area (Å²) in [5.41, 5.74) is 2.76. The van der Waals surface area contributed by atoms with Crippen LogP contribution in [0.3, 0.4) is 0 Å². The Bertz CT molecular complexity index is 668. The van der Waals surface area contributed by atoms with E-state index in [4.69, 9.17) is 5.11 Å². The quantitative estimate of drug-likeness (QED) is 0.767. The largest absolute Gasteiger partial charge is 0.481 e. The first-order valence-corrected chi connectivity index (χ1v) is 9.25. The predicted octanol–water partition coefficient (Wildman–Crippen LogP) is 5.01. The van der Waals surface area contributed by atoms with Gasteiger partial charge in [0.2, 0.25) is 0 Å². The molecule has 1 N–H and O–H groups in total. The minimum atomic E-state index is -0.737. The SMILES string of the molecule is CCN(CCC(=O)O)Cc1ccc(-c2ccc(C(C)(C)C)cc2)s1. The van der Waals surface area contributed by atoms with Crippen LogP contribution in [0.25, 0.3) is 10.4 Å². The lowest BCUT2D eigenvalue weighted by Crippen LogP contribution is -2.25. The number of thiophene rings is 1. The van der Waals surface area contributed by atoms with E-state index in [0.29, 0.717) is 6.54 Å². The van der Waals surface area contributed by atoms with Crippen LogP contribution < -0.4 is 0 Å². The van der Waals surface area contributed by atoms with E-state index < -0.39 is 5.97 Å². The van der Waals surface area contributed by atoms with Gasteiger partial charge in [-0.2, -0.15) is 0 Å². The van der Waals surface area contributed by atoms with E-state index in [1.54, 1.807) is 11.3 Å². The van der Waals surface area contributed by atoms with Crippen LogP contribution in [0.5, 0.6) is 0 Å². The van der Waals surface area contributed by atoms with Crippen molar-refractivity contribution in [1.82, 2.24) is 4.90 Å². The number of rotatable bonds is 7. The Morgan fingerprint density at radius 3 is 2.33 bits per heavy atom. The second-order valence-electron chi connectivity index (χ2n) is 7.11. The zero-order valence-corrected chi connectivity index (χ0v) is 15.8. The first-order valence-electron chi connectivity index (χ1n) is 8.43. The highest BCUT2D eigenvalue weighted by atomic mass is 32.1. The number of aliphatic carboxylic acids is 1. The molecule has 2 aromatic rings. The number of hydrogen-bond acceptors (Lipinski definition) is 3. The topological polar surface area (TPSA) is 40.5 Å². The van der Waals surface area contributed by atoms with Crippen molar-refractivity contribution in [2.75, 3.05) is 13.1 Å². The van der Waals surface area contributed by atoms with E-state index >= 15 is 0 Å².